The Morgan fingerprint density at radius 1 is 1.05 bits per heavy atom. The molecule has 0 radical (unpaired) electrons. The van der Waals surface area contributed by atoms with Gasteiger partial charge in [-0.1, -0.05) is 6.07 Å². The van der Waals surface area contributed by atoms with E-state index in [1.165, 1.54) is 4.90 Å². The quantitative estimate of drug-likeness (QED) is 0.335. The number of methoxy groups -OCH3 is 1. The minimum Gasteiger partial charge on any atom is -0.496 e. The fourth-order valence-electron chi connectivity index (χ4n) is 4.45. The van der Waals surface area contributed by atoms with Gasteiger partial charge in [-0.05, 0) is 42.0 Å². The maximum Gasteiger partial charge on any atom is 0.253 e. The average molecular weight is 518 g/mol. The van der Waals surface area contributed by atoms with Gasteiger partial charge in [-0.15, -0.1) is 0 Å². The van der Waals surface area contributed by atoms with E-state index in [2.05, 4.69) is 11.1 Å². The molecule has 0 aliphatic carbocycles. The lowest BCUT2D eigenvalue weighted by Gasteiger charge is -2.23. The number of nitriles is 1. The van der Waals surface area contributed by atoms with Crippen LogP contribution in [0.2, 0.25) is 0 Å². The lowest BCUT2D eigenvalue weighted by atomic mass is 10.0. The number of nitrogens with zero attached hydrogens (tertiary/aromatic N) is 3. The van der Waals surface area contributed by atoms with Crippen molar-refractivity contribution in [3.63, 3.8) is 0 Å². The molecular formula is C29H28FN3O5. The van der Waals surface area contributed by atoms with Crippen molar-refractivity contribution in [2.45, 2.75) is 18.9 Å². The summed E-state index contributed by atoms with van der Waals surface area (Å²) in [5.74, 6) is 1.54. The Bertz CT molecular complexity index is 1500. The van der Waals surface area contributed by atoms with E-state index in [4.69, 9.17) is 18.6 Å². The number of carbonyl (C=O) groups excluding carboxylic acids is 1. The molecule has 5 rings (SSSR count). The number of carbonyl (C=O) groups is 1. The second-order valence-corrected chi connectivity index (χ2v) is 9.05. The van der Waals surface area contributed by atoms with Crippen LogP contribution in [0.3, 0.4) is 0 Å². The highest BCUT2D eigenvalue weighted by Gasteiger charge is 2.20. The standard InChI is InChI=1S/C29H27N3O5.FH/c1-32(2)29(33)19-4-6-23(26(15-19)34-3)27-16-24-28(37-27)22(8-11-31-24)18-5-7-25(20(14-18)17-30)36-21-9-12-35-13-10-21;/h4-8,11,14-16,21H,9-10,12-13H2,1-3H3;1H. The molecule has 4 aromatic rings. The highest BCUT2D eigenvalue weighted by molar-refractivity contribution is 5.96. The summed E-state index contributed by atoms with van der Waals surface area (Å²) in [6.45, 7) is 1.33. The number of furan rings is 1. The zero-order valence-electron chi connectivity index (χ0n) is 21.4. The normalized spacial score (nSPS) is 13.4. The molecule has 196 valence electrons. The van der Waals surface area contributed by atoms with Crippen LogP contribution in [0, 0.1) is 11.3 Å². The summed E-state index contributed by atoms with van der Waals surface area (Å²) in [6, 6.07) is 16.8. The van der Waals surface area contributed by atoms with Crippen LogP contribution in [0.4, 0.5) is 4.70 Å². The number of benzene rings is 2. The average Bonchev–Trinajstić information content (AvgIpc) is 3.37. The van der Waals surface area contributed by atoms with Gasteiger partial charge in [-0.2, -0.15) is 5.26 Å². The van der Waals surface area contributed by atoms with Gasteiger partial charge in [0.1, 0.15) is 34.9 Å². The number of hydrogen-bond donors (Lipinski definition) is 0. The predicted octanol–water partition coefficient (Wildman–Crippen LogP) is 5.45. The van der Waals surface area contributed by atoms with Crippen LogP contribution < -0.4 is 9.47 Å². The van der Waals surface area contributed by atoms with Crippen molar-refractivity contribution in [1.29, 1.82) is 5.26 Å². The predicted molar refractivity (Wildman–Crippen MR) is 141 cm³/mol. The zero-order chi connectivity index (χ0) is 25.9. The van der Waals surface area contributed by atoms with Crippen LogP contribution in [-0.4, -0.2) is 56.3 Å². The third-order valence-corrected chi connectivity index (χ3v) is 6.41. The van der Waals surface area contributed by atoms with Gasteiger partial charge in [-0.3, -0.25) is 14.5 Å². The van der Waals surface area contributed by atoms with E-state index < -0.39 is 0 Å². The molecule has 1 fully saturated rings. The first-order valence-electron chi connectivity index (χ1n) is 12.1. The summed E-state index contributed by atoms with van der Waals surface area (Å²) in [4.78, 5) is 18.4. The van der Waals surface area contributed by atoms with Gasteiger partial charge in [0.15, 0.2) is 5.58 Å². The Balaban J connectivity index is 0.00000336. The Morgan fingerprint density at radius 3 is 2.55 bits per heavy atom. The van der Waals surface area contributed by atoms with Gasteiger partial charge >= 0.3 is 0 Å². The zero-order valence-corrected chi connectivity index (χ0v) is 21.4. The largest absolute Gasteiger partial charge is 0.496 e. The lowest BCUT2D eigenvalue weighted by molar-refractivity contribution is 0.0254. The third-order valence-electron chi connectivity index (χ3n) is 6.41. The SMILES string of the molecule is COc1cc(C(=O)N(C)C)ccc1-c1cc2nccc(-c3ccc(OC4CCOCC4)c(C#N)c3)c2o1.F. The Labute approximate surface area is 219 Å². The highest BCUT2D eigenvalue weighted by Crippen LogP contribution is 2.38. The maximum atomic E-state index is 12.4. The van der Waals surface area contributed by atoms with E-state index in [1.807, 2.05) is 36.4 Å². The molecule has 2 aromatic carbocycles. The number of pyridine rings is 1. The molecule has 38 heavy (non-hydrogen) atoms. The fraction of sp³-hybridized carbons (Fsp3) is 0.276. The number of ether oxygens (including phenoxy) is 3. The second kappa shape index (κ2) is 11.3. The van der Waals surface area contributed by atoms with E-state index in [1.54, 1.807) is 39.5 Å². The lowest BCUT2D eigenvalue weighted by Crippen LogP contribution is -2.26. The van der Waals surface area contributed by atoms with Crippen LogP contribution in [0.15, 0.2) is 59.1 Å². The van der Waals surface area contributed by atoms with Crippen molar-refractivity contribution in [3.05, 3.63) is 65.9 Å². The molecule has 2 aromatic heterocycles. The Kier molecular flexibility index (Phi) is 7.93. The Morgan fingerprint density at radius 2 is 1.84 bits per heavy atom. The van der Waals surface area contributed by atoms with E-state index in [0.29, 0.717) is 58.3 Å². The molecule has 0 N–H and O–H groups in total. The van der Waals surface area contributed by atoms with Crippen molar-refractivity contribution in [1.82, 2.24) is 9.88 Å². The van der Waals surface area contributed by atoms with Gasteiger partial charge < -0.3 is 23.5 Å². The van der Waals surface area contributed by atoms with Gasteiger partial charge in [-0.25, -0.2) is 0 Å². The van der Waals surface area contributed by atoms with Crippen molar-refractivity contribution >= 4 is 17.0 Å². The van der Waals surface area contributed by atoms with Crippen LogP contribution in [0.5, 0.6) is 11.5 Å². The van der Waals surface area contributed by atoms with Gasteiger partial charge in [0.25, 0.3) is 5.91 Å². The molecule has 0 bridgehead atoms. The molecule has 0 unspecified atom stereocenters. The summed E-state index contributed by atoms with van der Waals surface area (Å²) < 4.78 is 23.4. The summed E-state index contributed by atoms with van der Waals surface area (Å²) in [6.07, 6.45) is 3.37. The minimum absolute atomic E-state index is 0. The van der Waals surface area contributed by atoms with Crippen LogP contribution in [0.1, 0.15) is 28.8 Å². The maximum absolute atomic E-state index is 12.4. The first-order valence-corrected chi connectivity index (χ1v) is 12.1. The molecule has 3 heterocycles. The van der Waals surface area contributed by atoms with Gasteiger partial charge in [0.05, 0.1) is 31.5 Å². The number of rotatable bonds is 6. The van der Waals surface area contributed by atoms with E-state index in [9.17, 15) is 10.1 Å². The first-order chi connectivity index (χ1) is 18.0. The molecule has 1 saturated heterocycles. The number of aromatic nitrogens is 1. The topological polar surface area (TPSA) is 97.8 Å². The molecule has 0 saturated carbocycles. The fourth-order valence-corrected chi connectivity index (χ4v) is 4.45. The number of hydrogen-bond acceptors (Lipinski definition) is 7. The van der Waals surface area contributed by atoms with E-state index in [-0.39, 0.29) is 16.7 Å². The van der Waals surface area contributed by atoms with Crippen LogP contribution in [0.25, 0.3) is 33.6 Å². The molecule has 0 atom stereocenters. The Hall–Kier alpha value is -4.42. The van der Waals surface area contributed by atoms with Crippen molar-refractivity contribution < 1.29 is 28.1 Å². The summed E-state index contributed by atoms with van der Waals surface area (Å²) in [7, 11) is 4.97. The summed E-state index contributed by atoms with van der Waals surface area (Å²) >= 11 is 0. The van der Waals surface area contributed by atoms with Crippen molar-refractivity contribution in [3.8, 4) is 40.0 Å². The third kappa shape index (κ3) is 5.17. The molecule has 8 nitrogen and oxygen atoms in total. The number of fused-ring (bicyclic) bond motifs is 1. The monoisotopic (exact) mass is 517 g/mol. The molecule has 0 spiro atoms. The van der Waals surface area contributed by atoms with E-state index in [0.717, 1.165) is 24.0 Å². The van der Waals surface area contributed by atoms with E-state index >= 15 is 0 Å². The molecule has 1 amide bonds. The molecular weight excluding hydrogens is 489 g/mol. The molecule has 1 aliphatic rings. The van der Waals surface area contributed by atoms with Crippen LogP contribution >= 0.6 is 0 Å². The number of amides is 1. The smallest absolute Gasteiger partial charge is 0.253 e. The molecule has 1 aliphatic heterocycles. The number of halogens is 1. The van der Waals surface area contributed by atoms with Crippen LogP contribution in [-0.2, 0) is 4.74 Å². The highest BCUT2D eigenvalue weighted by atomic mass is 19.0. The summed E-state index contributed by atoms with van der Waals surface area (Å²) in [5, 5.41) is 9.81. The molecule has 9 heteroatoms. The first kappa shape index (κ1) is 26.6. The minimum atomic E-state index is -0.115. The van der Waals surface area contributed by atoms with Gasteiger partial charge in [0, 0.05) is 50.3 Å². The van der Waals surface area contributed by atoms with Crippen molar-refractivity contribution in [2.24, 2.45) is 0 Å². The van der Waals surface area contributed by atoms with Gasteiger partial charge in [0.2, 0.25) is 0 Å². The second-order valence-electron chi connectivity index (χ2n) is 9.05. The summed E-state index contributed by atoms with van der Waals surface area (Å²) in [5.41, 5.74) is 4.58. The van der Waals surface area contributed by atoms with Crippen molar-refractivity contribution in [2.75, 3.05) is 34.4 Å².